The van der Waals surface area contributed by atoms with E-state index in [4.69, 9.17) is 0 Å². The molecule has 0 aromatic carbocycles. The van der Waals surface area contributed by atoms with Crippen LogP contribution < -0.4 is 19.4 Å². The van der Waals surface area contributed by atoms with Gasteiger partial charge in [-0.05, 0) is 19.4 Å². The van der Waals surface area contributed by atoms with Gasteiger partial charge >= 0.3 is 0 Å². The summed E-state index contributed by atoms with van der Waals surface area (Å²) in [5, 5.41) is 3.42. The molecule has 2 rings (SSSR count). The Morgan fingerprint density at radius 1 is 0.462 bits per heavy atom. The molecule has 0 atom stereocenters. The van der Waals surface area contributed by atoms with E-state index in [0.717, 1.165) is 0 Å². The summed E-state index contributed by atoms with van der Waals surface area (Å²) in [4.78, 5) is 3.29. The average Bonchev–Trinajstić information content (AvgIpc) is 3.00. The zero-order valence-corrected chi connectivity index (χ0v) is 24.6. The predicted molar refractivity (Wildman–Crippen MR) is 140 cm³/mol. The summed E-state index contributed by atoms with van der Waals surface area (Å²) in [6.07, 6.45) is 0. The van der Waals surface area contributed by atoms with Crippen molar-refractivity contribution >= 4 is 74.3 Å². The summed E-state index contributed by atoms with van der Waals surface area (Å²) in [5.74, 6) is 0. The van der Waals surface area contributed by atoms with Gasteiger partial charge in [0.05, 0.1) is 32.3 Å². The van der Waals surface area contributed by atoms with Crippen LogP contribution in [-0.4, -0.2) is 32.3 Å². The van der Waals surface area contributed by atoms with Gasteiger partial charge in [0.15, 0.2) is 0 Å². The third-order valence-corrected chi connectivity index (χ3v) is 18.7. The molecule has 0 aliphatic rings. The zero-order valence-electron chi connectivity index (χ0n) is 19.0. The summed E-state index contributed by atoms with van der Waals surface area (Å²) in [7, 11) is -5.31. The normalized spacial score (nSPS) is 14.2. The zero-order chi connectivity index (χ0) is 20.3. The second-order valence-electron chi connectivity index (χ2n) is 11.7. The molecular weight excluding hydrogens is 417 g/mol. The van der Waals surface area contributed by atoms with Crippen LogP contribution in [0.4, 0.5) is 0 Å². The summed E-state index contributed by atoms with van der Waals surface area (Å²) in [5.41, 5.74) is 0. The van der Waals surface area contributed by atoms with Gasteiger partial charge in [-0.15, -0.1) is 22.7 Å². The van der Waals surface area contributed by atoms with Crippen LogP contribution in [0.5, 0.6) is 0 Å². The van der Waals surface area contributed by atoms with Gasteiger partial charge in [0.1, 0.15) is 0 Å². The van der Waals surface area contributed by atoms with Crippen LogP contribution in [0.3, 0.4) is 0 Å². The molecule has 0 fully saturated rings. The van der Waals surface area contributed by atoms with Gasteiger partial charge < -0.3 is 0 Å². The fourth-order valence-electron chi connectivity index (χ4n) is 2.97. The van der Waals surface area contributed by atoms with E-state index >= 15 is 0 Å². The van der Waals surface area contributed by atoms with E-state index in [0.29, 0.717) is 0 Å². The lowest BCUT2D eigenvalue weighted by Crippen LogP contribution is -2.42. The van der Waals surface area contributed by atoms with Crippen molar-refractivity contribution < 1.29 is 0 Å². The van der Waals surface area contributed by atoms with Gasteiger partial charge in [-0.3, -0.25) is 0 Å². The van der Waals surface area contributed by atoms with Crippen molar-refractivity contribution in [2.75, 3.05) is 0 Å². The molecule has 26 heavy (non-hydrogen) atoms. The lowest BCUT2D eigenvalue weighted by Gasteiger charge is -2.20. The van der Waals surface area contributed by atoms with Crippen molar-refractivity contribution in [1.29, 1.82) is 0 Å². The first kappa shape index (κ1) is 22.6. The minimum absolute atomic E-state index is 1.28. The van der Waals surface area contributed by atoms with Crippen molar-refractivity contribution in [1.82, 2.24) is 0 Å². The maximum Gasteiger partial charge on any atom is 0.0904 e. The van der Waals surface area contributed by atoms with Crippen LogP contribution >= 0.6 is 22.7 Å². The van der Waals surface area contributed by atoms with E-state index < -0.39 is 32.3 Å². The van der Waals surface area contributed by atoms with Gasteiger partial charge in [0, 0.05) is 9.75 Å². The molecule has 0 aliphatic heterocycles. The molecule has 0 radical (unpaired) electrons. The molecular formula is C20H38S2Si4. The molecule has 0 saturated carbocycles. The Kier molecular flexibility index (Phi) is 6.03. The number of hydrogen-bond acceptors (Lipinski definition) is 2. The quantitative estimate of drug-likeness (QED) is 0.511. The smallest absolute Gasteiger partial charge is 0.0904 e. The summed E-state index contributed by atoms with van der Waals surface area (Å²) >= 11 is 4.29. The van der Waals surface area contributed by atoms with Crippen molar-refractivity contribution in [3.8, 4) is 9.75 Å². The lowest BCUT2D eigenvalue weighted by molar-refractivity contribution is 1.73. The molecule has 0 saturated heterocycles. The highest BCUT2D eigenvalue weighted by Crippen LogP contribution is 2.31. The molecule has 2 heterocycles. The Morgan fingerprint density at radius 3 is 0.923 bits per heavy atom. The second kappa shape index (κ2) is 6.95. The standard InChI is InChI=1S/C20H38S2Si4/c1-23(2,3)15-13-17(25(7,8)9)21-19(15)20-16(24(4,5)6)14-18(22-20)26(10,11)12/h13-14H,1-12H3. The van der Waals surface area contributed by atoms with E-state index in [1.165, 1.54) is 0 Å². The summed E-state index contributed by atoms with van der Waals surface area (Å²) in [6, 6.07) is 5.25. The second-order valence-corrected chi connectivity index (χ2v) is 34.7. The van der Waals surface area contributed by atoms with Crippen LogP contribution in [0, 0.1) is 0 Å². The first-order chi connectivity index (χ1) is 11.4. The van der Waals surface area contributed by atoms with Gasteiger partial charge in [-0.1, -0.05) is 90.7 Å². The topological polar surface area (TPSA) is 0 Å². The van der Waals surface area contributed by atoms with Crippen LogP contribution in [0.25, 0.3) is 9.75 Å². The molecule has 0 nitrogen and oxygen atoms in total. The van der Waals surface area contributed by atoms with Gasteiger partial charge in [-0.2, -0.15) is 0 Å². The Morgan fingerprint density at radius 2 is 0.731 bits per heavy atom. The molecule has 0 amide bonds. The van der Waals surface area contributed by atoms with Crippen LogP contribution in [0.1, 0.15) is 0 Å². The first-order valence-corrected chi connectivity index (χ1v) is 25.4. The highest BCUT2D eigenvalue weighted by molar-refractivity contribution is 7.36. The van der Waals surface area contributed by atoms with E-state index in [1.807, 2.05) is 0 Å². The monoisotopic (exact) mass is 454 g/mol. The number of hydrogen-bond donors (Lipinski definition) is 0. The van der Waals surface area contributed by atoms with Gasteiger partial charge in [0.2, 0.25) is 0 Å². The Hall–Kier alpha value is 0.268. The lowest BCUT2D eigenvalue weighted by atomic mass is 10.4. The van der Waals surface area contributed by atoms with Crippen molar-refractivity contribution in [3.63, 3.8) is 0 Å². The summed E-state index contributed by atoms with van der Waals surface area (Å²) in [6.45, 7) is 30.1. The van der Waals surface area contributed by atoms with E-state index in [-0.39, 0.29) is 0 Å². The molecule has 0 aliphatic carbocycles. The van der Waals surface area contributed by atoms with Crippen LogP contribution in [0.2, 0.25) is 78.6 Å². The molecule has 2 aromatic heterocycles. The van der Waals surface area contributed by atoms with E-state index in [2.05, 4.69) is 113 Å². The van der Waals surface area contributed by atoms with E-state index in [9.17, 15) is 0 Å². The minimum Gasteiger partial charge on any atom is -0.144 e. The fourth-order valence-corrected chi connectivity index (χ4v) is 14.6. The Labute approximate surface area is 174 Å². The predicted octanol–water partition coefficient (Wildman–Crippen LogP) is 5.66. The Balaban J connectivity index is 2.83. The number of rotatable bonds is 5. The molecule has 0 spiro atoms. The molecule has 0 unspecified atom stereocenters. The summed E-state index contributed by atoms with van der Waals surface area (Å²) < 4.78 is 3.38. The SMILES string of the molecule is C[Si](C)(C)c1cc([Si](C)(C)C)c(-c2sc([Si](C)(C)C)cc2[Si](C)(C)C)s1. The highest BCUT2D eigenvalue weighted by atomic mass is 32.1. The minimum atomic E-state index is -1.37. The maximum absolute atomic E-state index is 2.63. The molecule has 146 valence electrons. The first-order valence-electron chi connectivity index (χ1n) is 9.72. The molecule has 0 N–H and O–H groups in total. The molecule has 6 heteroatoms. The average molecular weight is 455 g/mol. The van der Waals surface area contributed by atoms with E-state index in [1.54, 1.807) is 29.1 Å². The van der Waals surface area contributed by atoms with Gasteiger partial charge in [0.25, 0.3) is 0 Å². The van der Waals surface area contributed by atoms with Gasteiger partial charge in [-0.25, -0.2) is 0 Å². The number of thiophene rings is 2. The van der Waals surface area contributed by atoms with Crippen molar-refractivity contribution in [2.45, 2.75) is 78.6 Å². The third kappa shape index (κ3) is 4.81. The molecule has 2 aromatic rings. The van der Waals surface area contributed by atoms with Crippen LogP contribution in [0.15, 0.2) is 12.1 Å². The maximum atomic E-state index is 2.63. The Bertz CT molecular complexity index is 720. The fraction of sp³-hybridized carbons (Fsp3) is 0.600. The van der Waals surface area contributed by atoms with Crippen LogP contribution in [-0.2, 0) is 0 Å². The van der Waals surface area contributed by atoms with Crippen molar-refractivity contribution in [3.05, 3.63) is 12.1 Å². The third-order valence-electron chi connectivity index (χ3n) is 4.76. The molecule has 0 bridgehead atoms. The highest BCUT2D eigenvalue weighted by Gasteiger charge is 2.33. The largest absolute Gasteiger partial charge is 0.144 e. The van der Waals surface area contributed by atoms with Crippen molar-refractivity contribution in [2.24, 2.45) is 0 Å².